The largest absolute Gasteiger partial charge is 0.465 e. The van der Waals surface area contributed by atoms with E-state index in [1.807, 2.05) is 29.7 Å². The summed E-state index contributed by atoms with van der Waals surface area (Å²) < 4.78 is 6.93. The van der Waals surface area contributed by atoms with E-state index in [0.29, 0.717) is 34.0 Å². The van der Waals surface area contributed by atoms with E-state index in [0.717, 1.165) is 35.4 Å². The third-order valence-electron chi connectivity index (χ3n) is 5.41. The van der Waals surface area contributed by atoms with E-state index in [-0.39, 0.29) is 11.7 Å². The first-order valence-corrected chi connectivity index (χ1v) is 12.3. The Morgan fingerprint density at radius 3 is 2.91 bits per heavy atom. The second-order valence-corrected chi connectivity index (χ2v) is 9.70. The molecule has 3 aromatic rings. The van der Waals surface area contributed by atoms with Gasteiger partial charge in [-0.1, -0.05) is 24.8 Å². The van der Waals surface area contributed by atoms with Crippen molar-refractivity contribution in [1.82, 2.24) is 19.7 Å². The minimum atomic E-state index is -0.397. The zero-order valence-corrected chi connectivity index (χ0v) is 19.9. The molecule has 3 aromatic heterocycles. The van der Waals surface area contributed by atoms with Gasteiger partial charge in [0.1, 0.15) is 10.7 Å². The number of carbonyl (C=O) groups is 2. The van der Waals surface area contributed by atoms with Crippen LogP contribution in [0.15, 0.2) is 29.6 Å². The Bertz CT molecular complexity index is 1130. The molecule has 0 saturated heterocycles. The highest BCUT2D eigenvalue weighted by Gasteiger charge is 2.29. The second kappa shape index (κ2) is 9.83. The Balaban J connectivity index is 1.48. The molecule has 1 aliphatic rings. The van der Waals surface area contributed by atoms with Gasteiger partial charge >= 0.3 is 5.97 Å². The van der Waals surface area contributed by atoms with Crippen molar-refractivity contribution in [2.24, 2.45) is 5.92 Å². The molecule has 0 aromatic carbocycles. The number of rotatable bonds is 7. The van der Waals surface area contributed by atoms with Crippen LogP contribution in [0.2, 0.25) is 0 Å². The van der Waals surface area contributed by atoms with Gasteiger partial charge in [-0.05, 0) is 49.8 Å². The summed E-state index contributed by atoms with van der Waals surface area (Å²) in [4.78, 5) is 30.7. The Morgan fingerprint density at radius 2 is 2.19 bits per heavy atom. The van der Waals surface area contributed by atoms with E-state index in [9.17, 15) is 9.59 Å². The van der Waals surface area contributed by atoms with Crippen LogP contribution >= 0.6 is 23.1 Å². The number of esters is 1. The number of fused-ring (bicyclic) bond motifs is 1. The molecular weight excluding hydrogens is 446 g/mol. The van der Waals surface area contributed by atoms with Crippen LogP contribution < -0.4 is 5.32 Å². The number of nitrogens with one attached hydrogen (secondary N) is 1. The summed E-state index contributed by atoms with van der Waals surface area (Å²) in [6.07, 6.45) is 4.50. The lowest BCUT2D eigenvalue weighted by atomic mass is 9.88. The lowest BCUT2D eigenvalue weighted by Gasteiger charge is -2.18. The van der Waals surface area contributed by atoms with Gasteiger partial charge in [-0.3, -0.25) is 9.78 Å². The van der Waals surface area contributed by atoms with Crippen molar-refractivity contribution in [3.8, 4) is 11.5 Å². The number of aromatic nitrogens is 4. The first-order chi connectivity index (χ1) is 15.5. The summed E-state index contributed by atoms with van der Waals surface area (Å²) in [5.41, 5.74) is 2.26. The summed E-state index contributed by atoms with van der Waals surface area (Å²) in [6.45, 7) is 4.86. The third kappa shape index (κ3) is 4.56. The predicted molar refractivity (Wildman–Crippen MR) is 125 cm³/mol. The molecule has 1 unspecified atom stereocenters. The lowest BCUT2D eigenvalue weighted by Crippen LogP contribution is -2.17. The zero-order valence-electron chi connectivity index (χ0n) is 18.3. The van der Waals surface area contributed by atoms with Crippen LogP contribution in [-0.2, 0) is 28.9 Å². The number of amides is 1. The molecule has 32 heavy (non-hydrogen) atoms. The Morgan fingerprint density at radius 1 is 1.34 bits per heavy atom. The molecule has 1 aliphatic carbocycles. The maximum absolute atomic E-state index is 12.8. The summed E-state index contributed by atoms with van der Waals surface area (Å²) in [7, 11) is 1.37. The van der Waals surface area contributed by atoms with E-state index in [1.165, 1.54) is 30.2 Å². The topological polar surface area (TPSA) is 99.0 Å². The average Bonchev–Trinajstić information content (AvgIpc) is 3.37. The maximum Gasteiger partial charge on any atom is 0.341 e. The molecule has 8 nitrogen and oxygen atoms in total. The predicted octanol–water partition coefficient (Wildman–Crippen LogP) is 4.06. The molecule has 10 heteroatoms. The SMILES string of the molecule is CCn1c(SCC(=O)Nc2sc3c(c2C(=O)OC)CCC(C)C3)nnc1-c1ccccn1. The molecule has 1 amide bonds. The average molecular weight is 472 g/mol. The number of anilines is 1. The molecule has 168 valence electrons. The van der Waals surface area contributed by atoms with E-state index in [2.05, 4.69) is 27.4 Å². The molecule has 4 rings (SSSR count). The van der Waals surface area contributed by atoms with Crippen molar-refractivity contribution in [3.05, 3.63) is 40.4 Å². The number of thiophene rings is 1. The molecule has 1 N–H and O–H groups in total. The standard InChI is InChI=1S/C22H25N5O3S2/c1-4-27-19(15-7-5-6-10-23-15)25-26-22(27)31-12-17(28)24-20-18(21(29)30-3)14-9-8-13(2)11-16(14)32-20/h5-7,10,13H,4,8-9,11-12H2,1-3H3,(H,24,28). The summed E-state index contributed by atoms with van der Waals surface area (Å²) >= 11 is 2.79. The molecular formula is C22H25N5O3S2. The van der Waals surface area contributed by atoms with Gasteiger partial charge in [0.2, 0.25) is 5.91 Å². The van der Waals surface area contributed by atoms with Gasteiger partial charge in [0.05, 0.1) is 18.4 Å². The Kier molecular flexibility index (Phi) is 6.90. The Hall–Kier alpha value is -2.72. The fourth-order valence-electron chi connectivity index (χ4n) is 3.81. The van der Waals surface area contributed by atoms with Gasteiger partial charge in [0.25, 0.3) is 0 Å². The highest BCUT2D eigenvalue weighted by Crippen LogP contribution is 2.40. The van der Waals surface area contributed by atoms with Gasteiger partial charge in [-0.25, -0.2) is 4.79 Å². The normalized spacial score (nSPS) is 15.3. The number of thioether (sulfide) groups is 1. The van der Waals surface area contributed by atoms with E-state index in [4.69, 9.17) is 4.74 Å². The van der Waals surface area contributed by atoms with Crippen LogP contribution in [-0.4, -0.2) is 44.5 Å². The van der Waals surface area contributed by atoms with Crippen LogP contribution in [0.25, 0.3) is 11.5 Å². The van der Waals surface area contributed by atoms with Gasteiger partial charge < -0.3 is 14.6 Å². The van der Waals surface area contributed by atoms with Gasteiger partial charge in [0.15, 0.2) is 11.0 Å². The molecule has 0 saturated carbocycles. The van der Waals surface area contributed by atoms with Crippen molar-refractivity contribution in [2.45, 2.75) is 44.8 Å². The molecule has 0 radical (unpaired) electrons. The van der Waals surface area contributed by atoms with Crippen molar-refractivity contribution in [3.63, 3.8) is 0 Å². The Labute approximate surface area is 194 Å². The van der Waals surface area contributed by atoms with Crippen molar-refractivity contribution >= 4 is 40.0 Å². The third-order valence-corrected chi connectivity index (χ3v) is 7.55. The number of nitrogens with zero attached hydrogens (tertiary/aromatic N) is 4. The lowest BCUT2D eigenvalue weighted by molar-refractivity contribution is -0.113. The fourth-order valence-corrected chi connectivity index (χ4v) is 6.03. The summed E-state index contributed by atoms with van der Waals surface area (Å²) in [5, 5.41) is 12.7. The van der Waals surface area contributed by atoms with E-state index >= 15 is 0 Å². The monoisotopic (exact) mass is 471 g/mol. The maximum atomic E-state index is 12.8. The summed E-state index contributed by atoms with van der Waals surface area (Å²) in [6, 6.07) is 5.63. The smallest absolute Gasteiger partial charge is 0.341 e. The molecule has 1 atom stereocenters. The zero-order chi connectivity index (χ0) is 22.7. The number of ether oxygens (including phenoxy) is 1. The van der Waals surface area contributed by atoms with E-state index in [1.54, 1.807) is 6.20 Å². The van der Waals surface area contributed by atoms with Crippen molar-refractivity contribution in [1.29, 1.82) is 0 Å². The van der Waals surface area contributed by atoms with Crippen molar-refractivity contribution < 1.29 is 14.3 Å². The number of hydrogen-bond acceptors (Lipinski definition) is 8. The molecule has 0 bridgehead atoms. The number of pyridine rings is 1. The quantitative estimate of drug-likeness (QED) is 0.410. The molecule has 0 spiro atoms. The van der Waals surface area contributed by atoms with Crippen LogP contribution in [0.1, 0.15) is 41.1 Å². The molecule has 0 aliphatic heterocycles. The first-order valence-electron chi connectivity index (χ1n) is 10.5. The van der Waals surface area contributed by atoms with Gasteiger partial charge in [0, 0.05) is 17.6 Å². The second-order valence-electron chi connectivity index (χ2n) is 7.65. The van der Waals surface area contributed by atoms with Gasteiger partial charge in [-0.15, -0.1) is 21.5 Å². The first kappa shape index (κ1) is 22.5. The fraction of sp³-hybridized carbons (Fsp3) is 0.409. The van der Waals surface area contributed by atoms with Crippen molar-refractivity contribution in [2.75, 3.05) is 18.2 Å². The molecule has 0 fully saturated rings. The highest BCUT2D eigenvalue weighted by atomic mass is 32.2. The van der Waals surface area contributed by atoms with E-state index < -0.39 is 5.97 Å². The minimum absolute atomic E-state index is 0.153. The number of carbonyl (C=O) groups excluding carboxylic acids is 2. The number of hydrogen-bond donors (Lipinski definition) is 1. The highest BCUT2D eigenvalue weighted by molar-refractivity contribution is 7.99. The van der Waals surface area contributed by atoms with Crippen LogP contribution in [0.3, 0.4) is 0 Å². The minimum Gasteiger partial charge on any atom is -0.465 e. The van der Waals surface area contributed by atoms with Crippen LogP contribution in [0.4, 0.5) is 5.00 Å². The molecule has 3 heterocycles. The number of methoxy groups -OCH3 is 1. The van der Waals surface area contributed by atoms with Crippen LogP contribution in [0.5, 0.6) is 0 Å². The van der Waals surface area contributed by atoms with Gasteiger partial charge in [-0.2, -0.15) is 0 Å². The van der Waals surface area contributed by atoms with Crippen LogP contribution in [0, 0.1) is 5.92 Å². The summed E-state index contributed by atoms with van der Waals surface area (Å²) in [5.74, 6) is 0.797.